The van der Waals surface area contributed by atoms with Crippen molar-refractivity contribution in [1.29, 1.82) is 0 Å². The van der Waals surface area contributed by atoms with Gasteiger partial charge in [0.1, 0.15) is 11.5 Å². The van der Waals surface area contributed by atoms with Crippen LogP contribution in [0.1, 0.15) is 21.6 Å². The molecule has 7 aromatic carbocycles. The molecule has 0 aliphatic heterocycles. The van der Waals surface area contributed by atoms with Crippen molar-refractivity contribution >= 4 is 54.9 Å². The fraction of sp³-hybridized carbons (Fsp3) is 0.133. The highest BCUT2D eigenvalue weighted by molar-refractivity contribution is 6.27. The number of Topliss-reactive ketones (excluding diaryl/α,β-unsaturated/α-hetero) is 1. The van der Waals surface area contributed by atoms with Crippen LogP contribution < -0.4 is 20.1 Å². The molecule has 0 saturated heterocycles. The number of para-hydroxylation sites is 1. The Balaban J connectivity index is 1.28. The number of ether oxygens (including phenoxy) is 2. The summed E-state index contributed by atoms with van der Waals surface area (Å²) >= 11 is 0. The zero-order chi connectivity index (χ0) is 36.3. The average molecular weight is 699 g/mol. The van der Waals surface area contributed by atoms with Crippen molar-refractivity contribution in [3.63, 3.8) is 0 Å². The average Bonchev–Trinajstić information content (AvgIpc) is 3.73. The molecule has 262 valence electrons. The Morgan fingerprint density at radius 3 is 2.21 bits per heavy atom. The van der Waals surface area contributed by atoms with E-state index in [1.54, 1.807) is 26.7 Å². The highest BCUT2D eigenvalue weighted by Crippen LogP contribution is 2.41. The van der Waals surface area contributed by atoms with Gasteiger partial charge in [0.2, 0.25) is 0 Å². The Labute approximate surface area is 306 Å². The smallest absolute Gasteiger partial charge is 0.315 e. The molecule has 8 heteroatoms. The van der Waals surface area contributed by atoms with E-state index in [2.05, 4.69) is 81.3 Å². The molecule has 3 N–H and O–H groups in total. The SMILES string of the molecule is COc1ccc(CC(NC(=O)NCCc2cnc[nH]2)C(=O)c2ccc(-c3ccccc3OC)c3ccc4c5ccc6ccccc6c5ccc4c23)cc1. The van der Waals surface area contributed by atoms with Crippen molar-refractivity contribution in [1.82, 2.24) is 20.6 Å². The van der Waals surface area contributed by atoms with E-state index in [9.17, 15) is 4.79 Å². The first-order valence-corrected chi connectivity index (χ1v) is 17.6. The summed E-state index contributed by atoms with van der Waals surface area (Å²) in [5.41, 5.74) is 4.20. The highest BCUT2D eigenvalue weighted by Gasteiger charge is 2.26. The fourth-order valence-corrected chi connectivity index (χ4v) is 7.40. The second-order valence-corrected chi connectivity index (χ2v) is 13.1. The number of aromatic amines is 1. The van der Waals surface area contributed by atoms with E-state index in [-0.39, 0.29) is 12.2 Å². The van der Waals surface area contributed by atoms with Gasteiger partial charge in [-0.15, -0.1) is 0 Å². The number of urea groups is 1. The number of nitrogens with zero attached hydrogens (tertiary/aromatic N) is 1. The first-order chi connectivity index (χ1) is 26.0. The van der Waals surface area contributed by atoms with Crippen LogP contribution >= 0.6 is 0 Å². The molecule has 0 saturated carbocycles. The van der Waals surface area contributed by atoms with Gasteiger partial charge in [-0.25, -0.2) is 9.78 Å². The van der Waals surface area contributed by atoms with Gasteiger partial charge in [0.15, 0.2) is 5.78 Å². The molecule has 8 aromatic rings. The Morgan fingerprint density at radius 2 is 1.42 bits per heavy atom. The molecular weight excluding hydrogens is 661 g/mol. The van der Waals surface area contributed by atoms with E-state index < -0.39 is 12.1 Å². The molecule has 1 heterocycles. The van der Waals surface area contributed by atoms with Crippen LogP contribution in [0, 0.1) is 0 Å². The standard InChI is InChI=1S/C45H38N4O4/c1-52-31-14-11-28(12-15-31)25-41(49-45(51)47-24-23-30-26-46-27-48-30)44(50)40-22-19-36(37-9-5-6-10-42(37)53-2)39-21-18-35-34-16-13-29-7-3-4-8-32(29)33(34)17-20-38(35)43(39)40/h3-22,26-27,41H,23-25H2,1-2H3,(H,46,48)(H2,47,49,51). The predicted molar refractivity (Wildman–Crippen MR) is 212 cm³/mol. The summed E-state index contributed by atoms with van der Waals surface area (Å²) in [5, 5.41) is 14.3. The molecule has 8 nitrogen and oxygen atoms in total. The van der Waals surface area contributed by atoms with Crippen LogP contribution in [0.2, 0.25) is 0 Å². The number of imidazole rings is 1. The van der Waals surface area contributed by atoms with Crippen molar-refractivity contribution in [3.05, 3.63) is 151 Å². The summed E-state index contributed by atoms with van der Waals surface area (Å²) in [6.45, 7) is 0.375. The molecule has 0 aliphatic carbocycles. The summed E-state index contributed by atoms with van der Waals surface area (Å²) in [6, 6.07) is 39.3. The van der Waals surface area contributed by atoms with Crippen LogP contribution in [0.5, 0.6) is 11.5 Å². The van der Waals surface area contributed by atoms with E-state index in [0.717, 1.165) is 60.5 Å². The zero-order valence-corrected chi connectivity index (χ0v) is 29.5. The molecule has 0 bridgehead atoms. The minimum atomic E-state index is -0.865. The maximum Gasteiger partial charge on any atom is 0.315 e. The minimum Gasteiger partial charge on any atom is -0.497 e. The van der Waals surface area contributed by atoms with Crippen LogP contribution in [0.25, 0.3) is 54.2 Å². The fourth-order valence-electron chi connectivity index (χ4n) is 7.40. The largest absolute Gasteiger partial charge is 0.497 e. The summed E-state index contributed by atoms with van der Waals surface area (Å²) in [6.07, 6.45) is 4.20. The molecule has 0 radical (unpaired) electrons. The van der Waals surface area contributed by atoms with Crippen molar-refractivity contribution in [2.75, 3.05) is 20.8 Å². The van der Waals surface area contributed by atoms with E-state index in [4.69, 9.17) is 9.47 Å². The number of aromatic nitrogens is 2. The summed E-state index contributed by atoms with van der Waals surface area (Å²) < 4.78 is 11.2. The molecule has 1 aromatic heterocycles. The van der Waals surface area contributed by atoms with Crippen LogP contribution in [-0.4, -0.2) is 48.6 Å². The van der Waals surface area contributed by atoms with Crippen LogP contribution in [0.4, 0.5) is 4.79 Å². The van der Waals surface area contributed by atoms with Gasteiger partial charge in [-0.1, -0.05) is 103 Å². The van der Waals surface area contributed by atoms with Gasteiger partial charge < -0.3 is 25.1 Å². The molecule has 8 rings (SSSR count). The molecule has 1 unspecified atom stereocenters. The third-order valence-electron chi connectivity index (χ3n) is 10.0. The summed E-state index contributed by atoms with van der Waals surface area (Å²) in [5.74, 6) is 1.27. The monoisotopic (exact) mass is 698 g/mol. The number of carbonyl (C=O) groups is 2. The normalized spacial score (nSPS) is 11.9. The van der Waals surface area contributed by atoms with Crippen molar-refractivity contribution in [2.24, 2.45) is 0 Å². The minimum absolute atomic E-state index is 0.188. The number of ketones is 1. The van der Waals surface area contributed by atoms with Crippen LogP contribution in [-0.2, 0) is 12.8 Å². The van der Waals surface area contributed by atoms with E-state index in [1.807, 2.05) is 60.7 Å². The lowest BCUT2D eigenvalue weighted by atomic mass is 9.86. The predicted octanol–water partition coefficient (Wildman–Crippen LogP) is 9.04. The van der Waals surface area contributed by atoms with Crippen LogP contribution in [0.15, 0.2) is 134 Å². The summed E-state index contributed by atoms with van der Waals surface area (Å²) in [7, 11) is 3.28. The number of carbonyl (C=O) groups excluding carboxylic acids is 2. The van der Waals surface area contributed by atoms with Gasteiger partial charge >= 0.3 is 6.03 Å². The number of amides is 2. The Kier molecular flexibility index (Phi) is 9.17. The van der Waals surface area contributed by atoms with Gasteiger partial charge in [0.05, 0.1) is 26.6 Å². The van der Waals surface area contributed by atoms with Crippen molar-refractivity contribution in [2.45, 2.75) is 18.9 Å². The van der Waals surface area contributed by atoms with Gasteiger partial charge in [0.25, 0.3) is 0 Å². The number of H-pyrrole nitrogens is 1. The number of rotatable bonds is 11. The third-order valence-corrected chi connectivity index (χ3v) is 10.0. The first-order valence-electron chi connectivity index (χ1n) is 17.6. The van der Waals surface area contributed by atoms with Gasteiger partial charge in [0, 0.05) is 47.8 Å². The van der Waals surface area contributed by atoms with Crippen molar-refractivity contribution < 1.29 is 19.1 Å². The molecular formula is C45H38N4O4. The number of hydrogen-bond acceptors (Lipinski definition) is 5. The molecule has 1 atom stereocenters. The molecule has 0 fully saturated rings. The topological polar surface area (TPSA) is 105 Å². The molecule has 53 heavy (non-hydrogen) atoms. The lowest BCUT2D eigenvalue weighted by molar-refractivity contribution is 0.0947. The highest BCUT2D eigenvalue weighted by atomic mass is 16.5. The van der Waals surface area contributed by atoms with Gasteiger partial charge in [-0.05, 0) is 67.0 Å². The number of benzene rings is 7. The number of nitrogens with one attached hydrogen (secondary N) is 3. The lowest BCUT2D eigenvalue weighted by Crippen LogP contribution is -2.47. The maximum atomic E-state index is 15.0. The van der Waals surface area contributed by atoms with E-state index in [1.165, 1.54) is 10.8 Å². The second-order valence-electron chi connectivity index (χ2n) is 13.1. The lowest BCUT2D eigenvalue weighted by Gasteiger charge is -2.21. The van der Waals surface area contributed by atoms with Crippen molar-refractivity contribution in [3.8, 4) is 22.6 Å². The van der Waals surface area contributed by atoms with Gasteiger partial charge in [-0.3, -0.25) is 4.79 Å². The van der Waals surface area contributed by atoms with E-state index >= 15 is 4.79 Å². The third kappa shape index (κ3) is 6.51. The number of fused-ring (bicyclic) bond motifs is 7. The maximum absolute atomic E-state index is 15.0. The Bertz CT molecular complexity index is 2620. The van der Waals surface area contributed by atoms with E-state index in [0.29, 0.717) is 24.3 Å². The Morgan fingerprint density at radius 1 is 0.698 bits per heavy atom. The van der Waals surface area contributed by atoms with Gasteiger partial charge in [-0.2, -0.15) is 0 Å². The molecule has 2 amide bonds. The zero-order valence-electron chi connectivity index (χ0n) is 29.5. The number of hydrogen-bond donors (Lipinski definition) is 3. The quantitative estimate of drug-likeness (QED) is 0.0924. The Hall–Kier alpha value is -6.67. The number of methoxy groups -OCH3 is 2. The second kappa shape index (κ2) is 14.5. The molecule has 0 aliphatic rings. The molecule has 0 spiro atoms. The van der Waals surface area contributed by atoms with Crippen LogP contribution in [0.3, 0.4) is 0 Å². The first kappa shape index (κ1) is 33.5. The summed E-state index contributed by atoms with van der Waals surface area (Å²) in [4.78, 5) is 35.5.